The molecular formula is C19H16BrNO3. The van der Waals surface area contributed by atoms with E-state index in [9.17, 15) is 4.79 Å². The van der Waals surface area contributed by atoms with Gasteiger partial charge in [-0.15, -0.1) is 0 Å². The number of carbonyl (C=O) groups is 1. The van der Waals surface area contributed by atoms with E-state index < -0.39 is 0 Å². The summed E-state index contributed by atoms with van der Waals surface area (Å²) in [7, 11) is 0. The number of halogens is 1. The number of hydrogen-bond acceptors (Lipinski definition) is 3. The highest BCUT2D eigenvalue weighted by molar-refractivity contribution is 9.10. The predicted molar refractivity (Wildman–Crippen MR) is 96.3 cm³/mol. The van der Waals surface area contributed by atoms with E-state index in [1.165, 1.54) is 6.26 Å². The van der Waals surface area contributed by atoms with Crippen molar-refractivity contribution in [3.8, 4) is 5.75 Å². The van der Waals surface area contributed by atoms with Gasteiger partial charge in [0.1, 0.15) is 12.4 Å². The molecule has 0 saturated heterocycles. The van der Waals surface area contributed by atoms with Crippen molar-refractivity contribution < 1.29 is 13.9 Å². The minimum absolute atomic E-state index is 0.258. The smallest absolute Gasteiger partial charge is 0.291 e. The van der Waals surface area contributed by atoms with Crippen molar-refractivity contribution in [1.82, 2.24) is 0 Å². The van der Waals surface area contributed by atoms with Crippen LogP contribution in [-0.2, 0) is 6.61 Å². The fourth-order valence-corrected chi connectivity index (χ4v) is 2.75. The largest absolute Gasteiger partial charge is 0.489 e. The van der Waals surface area contributed by atoms with Crippen LogP contribution in [0.2, 0.25) is 0 Å². The van der Waals surface area contributed by atoms with Crippen LogP contribution in [0.15, 0.2) is 69.8 Å². The fourth-order valence-electron chi connectivity index (χ4n) is 2.27. The molecule has 0 aliphatic carbocycles. The molecule has 0 fully saturated rings. The van der Waals surface area contributed by atoms with Crippen LogP contribution in [0.3, 0.4) is 0 Å². The second-order valence-corrected chi connectivity index (χ2v) is 6.21. The Labute approximate surface area is 148 Å². The van der Waals surface area contributed by atoms with Crippen molar-refractivity contribution in [2.45, 2.75) is 13.5 Å². The van der Waals surface area contributed by atoms with Gasteiger partial charge in [-0.2, -0.15) is 0 Å². The van der Waals surface area contributed by atoms with Crippen LogP contribution in [0, 0.1) is 6.92 Å². The SMILES string of the molecule is Cc1cc(Br)ccc1NC(=O)c1occc1COc1ccccc1. The third-order valence-electron chi connectivity index (χ3n) is 3.53. The molecule has 3 aromatic rings. The lowest BCUT2D eigenvalue weighted by molar-refractivity contribution is 0.0993. The summed E-state index contributed by atoms with van der Waals surface area (Å²) < 4.78 is 12.0. The number of anilines is 1. The van der Waals surface area contributed by atoms with Crippen molar-refractivity contribution in [2.75, 3.05) is 5.32 Å². The lowest BCUT2D eigenvalue weighted by Crippen LogP contribution is -2.14. The molecule has 1 N–H and O–H groups in total. The highest BCUT2D eigenvalue weighted by Gasteiger charge is 2.17. The van der Waals surface area contributed by atoms with Crippen LogP contribution in [0.1, 0.15) is 21.7 Å². The van der Waals surface area contributed by atoms with Gasteiger partial charge in [0, 0.05) is 15.7 Å². The number of rotatable bonds is 5. The Morgan fingerprint density at radius 2 is 1.96 bits per heavy atom. The van der Waals surface area contributed by atoms with Crippen LogP contribution in [-0.4, -0.2) is 5.91 Å². The average molecular weight is 386 g/mol. The summed E-state index contributed by atoms with van der Waals surface area (Å²) in [5.74, 6) is 0.708. The summed E-state index contributed by atoms with van der Waals surface area (Å²) in [6.45, 7) is 2.20. The van der Waals surface area contributed by atoms with E-state index in [0.29, 0.717) is 5.56 Å². The van der Waals surface area contributed by atoms with Crippen molar-refractivity contribution in [3.05, 3.63) is 82.2 Å². The number of para-hydroxylation sites is 1. The molecule has 0 unspecified atom stereocenters. The lowest BCUT2D eigenvalue weighted by Gasteiger charge is -2.09. The van der Waals surface area contributed by atoms with Gasteiger partial charge in [-0.3, -0.25) is 4.79 Å². The van der Waals surface area contributed by atoms with E-state index in [2.05, 4.69) is 21.2 Å². The molecular weight excluding hydrogens is 370 g/mol. The molecule has 3 rings (SSSR count). The van der Waals surface area contributed by atoms with Crippen molar-refractivity contribution >= 4 is 27.5 Å². The monoisotopic (exact) mass is 385 g/mol. The molecule has 0 bridgehead atoms. The molecule has 122 valence electrons. The first-order valence-corrected chi connectivity index (χ1v) is 8.24. The lowest BCUT2D eigenvalue weighted by atomic mass is 10.2. The van der Waals surface area contributed by atoms with Crippen LogP contribution in [0.25, 0.3) is 0 Å². The topological polar surface area (TPSA) is 51.5 Å². The maximum atomic E-state index is 12.5. The van der Waals surface area contributed by atoms with Gasteiger partial charge >= 0.3 is 0 Å². The van der Waals surface area contributed by atoms with Crippen molar-refractivity contribution in [3.63, 3.8) is 0 Å². The summed E-state index contributed by atoms with van der Waals surface area (Å²) in [5.41, 5.74) is 2.41. The molecule has 24 heavy (non-hydrogen) atoms. The van der Waals surface area contributed by atoms with Crippen LogP contribution < -0.4 is 10.1 Å². The number of hydrogen-bond donors (Lipinski definition) is 1. The highest BCUT2D eigenvalue weighted by Crippen LogP contribution is 2.22. The maximum absolute atomic E-state index is 12.5. The first-order chi connectivity index (χ1) is 11.6. The van der Waals surface area contributed by atoms with Gasteiger partial charge in [0.2, 0.25) is 0 Å². The van der Waals surface area contributed by atoms with Gasteiger partial charge < -0.3 is 14.5 Å². The van der Waals surface area contributed by atoms with Crippen LogP contribution in [0.5, 0.6) is 5.75 Å². The number of benzene rings is 2. The Hall–Kier alpha value is -2.53. The fraction of sp³-hybridized carbons (Fsp3) is 0.105. The van der Waals surface area contributed by atoms with E-state index >= 15 is 0 Å². The molecule has 1 aromatic heterocycles. The van der Waals surface area contributed by atoms with Gasteiger partial charge in [0.15, 0.2) is 5.76 Å². The Balaban J connectivity index is 1.71. The third kappa shape index (κ3) is 3.86. The van der Waals surface area contributed by atoms with E-state index in [0.717, 1.165) is 21.5 Å². The molecule has 0 radical (unpaired) electrons. The molecule has 5 heteroatoms. The summed E-state index contributed by atoms with van der Waals surface area (Å²) in [6.07, 6.45) is 1.49. The molecule has 1 amide bonds. The maximum Gasteiger partial charge on any atom is 0.291 e. The summed E-state index contributed by atoms with van der Waals surface area (Å²) in [4.78, 5) is 12.5. The Kier molecular flexibility index (Phi) is 5.01. The Bertz CT molecular complexity index is 843. The number of nitrogens with one attached hydrogen (secondary N) is 1. The summed E-state index contributed by atoms with van der Waals surface area (Å²) in [5, 5.41) is 2.87. The molecule has 0 saturated carbocycles. The van der Waals surface area contributed by atoms with Crippen molar-refractivity contribution in [2.24, 2.45) is 0 Å². The van der Waals surface area contributed by atoms with E-state index in [1.54, 1.807) is 6.07 Å². The Morgan fingerprint density at radius 3 is 2.71 bits per heavy atom. The van der Waals surface area contributed by atoms with E-state index in [1.807, 2.05) is 55.5 Å². The molecule has 0 spiro atoms. The molecule has 0 atom stereocenters. The third-order valence-corrected chi connectivity index (χ3v) is 4.02. The predicted octanol–water partition coefficient (Wildman–Crippen LogP) is 5.18. The quantitative estimate of drug-likeness (QED) is 0.657. The number of carbonyl (C=O) groups excluding carboxylic acids is 1. The van der Waals surface area contributed by atoms with Crippen molar-refractivity contribution in [1.29, 1.82) is 0 Å². The number of aryl methyl sites for hydroxylation is 1. The average Bonchev–Trinajstić information content (AvgIpc) is 3.05. The van der Waals surface area contributed by atoms with E-state index in [4.69, 9.17) is 9.15 Å². The number of amides is 1. The second kappa shape index (κ2) is 7.36. The summed E-state index contributed by atoms with van der Waals surface area (Å²) >= 11 is 3.41. The highest BCUT2D eigenvalue weighted by atomic mass is 79.9. The van der Waals surface area contributed by atoms with Crippen LogP contribution in [0.4, 0.5) is 5.69 Å². The molecule has 0 aliphatic rings. The minimum Gasteiger partial charge on any atom is -0.489 e. The number of furan rings is 1. The van der Waals surface area contributed by atoms with Gasteiger partial charge in [-0.1, -0.05) is 34.1 Å². The number of ether oxygens (including phenoxy) is 1. The first-order valence-electron chi connectivity index (χ1n) is 7.45. The normalized spacial score (nSPS) is 10.4. The Morgan fingerprint density at radius 1 is 1.17 bits per heavy atom. The molecule has 0 aliphatic heterocycles. The van der Waals surface area contributed by atoms with E-state index in [-0.39, 0.29) is 18.3 Å². The van der Waals surface area contributed by atoms with Gasteiger partial charge in [0.25, 0.3) is 5.91 Å². The van der Waals surface area contributed by atoms with Gasteiger partial charge in [0.05, 0.1) is 6.26 Å². The summed E-state index contributed by atoms with van der Waals surface area (Å²) in [6, 6.07) is 16.9. The van der Waals surface area contributed by atoms with Gasteiger partial charge in [-0.05, 0) is 48.9 Å². The zero-order valence-corrected chi connectivity index (χ0v) is 14.7. The molecule has 2 aromatic carbocycles. The van der Waals surface area contributed by atoms with Gasteiger partial charge in [-0.25, -0.2) is 0 Å². The second-order valence-electron chi connectivity index (χ2n) is 5.29. The van der Waals surface area contributed by atoms with Crippen LogP contribution >= 0.6 is 15.9 Å². The minimum atomic E-state index is -0.294. The standard InChI is InChI=1S/C19H16BrNO3/c1-13-11-15(20)7-8-17(13)21-19(22)18-14(9-10-23-18)12-24-16-5-3-2-4-6-16/h2-11H,12H2,1H3,(H,21,22). The first kappa shape index (κ1) is 16.3. The zero-order valence-electron chi connectivity index (χ0n) is 13.1. The zero-order chi connectivity index (χ0) is 16.9. The molecule has 1 heterocycles. The molecule has 4 nitrogen and oxygen atoms in total.